The minimum absolute atomic E-state index is 0.0825. The highest BCUT2D eigenvalue weighted by Gasteiger charge is 2.36. The minimum atomic E-state index is -0.568. The van der Waals surface area contributed by atoms with Crippen LogP contribution >= 0.6 is 0 Å². The smallest absolute Gasteiger partial charge is 0.312 e. The van der Waals surface area contributed by atoms with Gasteiger partial charge in [0.05, 0.1) is 25.7 Å². The number of carbonyl (C=O) groups is 3. The lowest BCUT2D eigenvalue weighted by molar-refractivity contribution is -0.141. The largest absolute Gasteiger partial charge is 0.504 e. The fourth-order valence-electron chi connectivity index (χ4n) is 3.86. The minimum Gasteiger partial charge on any atom is -0.504 e. The van der Waals surface area contributed by atoms with Gasteiger partial charge in [0.25, 0.3) is 0 Å². The maximum Gasteiger partial charge on any atom is 0.312 e. The van der Waals surface area contributed by atoms with Gasteiger partial charge in [0.15, 0.2) is 23.1 Å². The van der Waals surface area contributed by atoms with Crippen LogP contribution in [0, 0.1) is 0 Å². The summed E-state index contributed by atoms with van der Waals surface area (Å²) in [4.78, 5) is 38.4. The van der Waals surface area contributed by atoms with E-state index in [0.29, 0.717) is 16.3 Å². The summed E-state index contributed by atoms with van der Waals surface area (Å²) in [6.07, 6.45) is 0. The summed E-state index contributed by atoms with van der Waals surface area (Å²) in [6, 6.07) is 11.6. The van der Waals surface area contributed by atoms with Crippen LogP contribution in [-0.4, -0.2) is 36.9 Å². The molecule has 0 spiro atoms. The predicted molar refractivity (Wildman–Crippen MR) is 106 cm³/mol. The fourth-order valence-corrected chi connectivity index (χ4v) is 3.86. The number of carbonyl (C=O) groups excluding carboxylic acids is 3. The molecule has 1 unspecified atom stereocenters. The number of ketones is 2. The molecule has 0 amide bonds. The fraction of sp³-hybridized carbons (Fsp3) is 0.174. The average Bonchev–Trinajstić information content (AvgIpc) is 2.75. The first-order chi connectivity index (χ1) is 13.9. The number of esters is 1. The first-order valence-electron chi connectivity index (χ1n) is 9.03. The maximum atomic E-state index is 13.3. The Bertz CT molecular complexity index is 1210. The zero-order valence-electron chi connectivity index (χ0n) is 16.1. The first kappa shape index (κ1) is 18.7. The van der Waals surface area contributed by atoms with E-state index >= 15 is 0 Å². The van der Waals surface area contributed by atoms with Crippen LogP contribution in [0.3, 0.4) is 0 Å². The molecule has 3 aromatic rings. The molecule has 3 aromatic carbocycles. The SMILES string of the molecule is COC(=O)C(C)c1ccc2c(OC)c(O)c3c(c2c1)C(=O)c1ccccc1C3=O. The van der Waals surface area contributed by atoms with Crippen LogP contribution in [0.5, 0.6) is 11.5 Å². The van der Waals surface area contributed by atoms with Crippen molar-refractivity contribution in [1.82, 2.24) is 0 Å². The lowest BCUT2D eigenvalue weighted by Crippen LogP contribution is -2.22. The van der Waals surface area contributed by atoms with Crippen molar-refractivity contribution in [1.29, 1.82) is 0 Å². The van der Waals surface area contributed by atoms with Gasteiger partial charge in [0.1, 0.15) is 0 Å². The molecule has 146 valence electrons. The number of phenols is 1. The summed E-state index contributed by atoms with van der Waals surface area (Å²) in [5, 5.41) is 11.7. The second kappa shape index (κ2) is 6.74. The van der Waals surface area contributed by atoms with E-state index in [9.17, 15) is 19.5 Å². The Kier molecular flexibility index (Phi) is 4.34. The van der Waals surface area contributed by atoms with Gasteiger partial charge >= 0.3 is 5.97 Å². The summed E-state index contributed by atoms with van der Waals surface area (Å²) in [5.74, 6) is -2.05. The molecule has 0 saturated carbocycles. The van der Waals surface area contributed by atoms with Crippen molar-refractivity contribution in [2.45, 2.75) is 12.8 Å². The summed E-state index contributed by atoms with van der Waals surface area (Å²) in [7, 11) is 2.69. The van der Waals surface area contributed by atoms with Crippen molar-refractivity contribution in [2.75, 3.05) is 14.2 Å². The van der Waals surface area contributed by atoms with Crippen LogP contribution in [0.2, 0.25) is 0 Å². The number of rotatable bonds is 3. The number of fused-ring (bicyclic) bond motifs is 4. The van der Waals surface area contributed by atoms with Crippen molar-refractivity contribution in [3.63, 3.8) is 0 Å². The van der Waals surface area contributed by atoms with Gasteiger partial charge in [-0.3, -0.25) is 14.4 Å². The van der Waals surface area contributed by atoms with E-state index < -0.39 is 17.7 Å². The molecule has 0 saturated heterocycles. The molecule has 1 N–H and O–H groups in total. The Morgan fingerprint density at radius 3 is 2.14 bits per heavy atom. The van der Waals surface area contributed by atoms with Gasteiger partial charge in [0, 0.05) is 22.1 Å². The Morgan fingerprint density at radius 1 is 0.931 bits per heavy atom. The van der Waals surface area contributed by atoms with Crippen LogP contribution < -0.4 is 4.74 Å². The summed E-state index contributed by atoms with van der Waals surface area (Å²) >= 11 is 0. The van der Waals surface area contributed by atoms with Gasteiger partial charge in [-0.05, 0) is 23.9 Å². The summed E-state index contributed by atoms with van der Waals surface area (Å²) in [6.45, 7) is 1.69. The number of ether oxygens (including phenoxy) is 2. The highest BCUT2D eigenvalue weighted by Crippen LogP contribution is 2.45. The van der Waals surface area contributed by atoms with Gasteiger partial charge < -0.3 is 14.6 Å². The van der Waals surface area contributed by atoms with Crippen LogP contribution in [0.15, 0.2) is 42.5 Å². The van der Waals surface area contributed by atoms with Gasteiger partial charge in [-0.15, -0.1) is 0 Å². The second-order valence-electron chi connectivity index (χ2n) is 6.89. The van der Waals surface area contributed by atoms with E-state index in [4.69, 9.17) is 9.47 Å². The van der Waals surface area contributed by atoms with E-state index in [1.54, 1.807) is 49.4 Å². The Hall–Kier alpha value is -3.67. The van der Waals surface area contributed by atoms with Gasteiger partial charge in [0.2, 0.25) is 0 Å². The first-order valence-corrected chi connectivity index (χ1v) is 9.03. The quantitative estimate of drug-likeness (QED) is 0.538. The molecule has 1 atom stereocenters. The van der Waals surface area contributed by atoms with E-state index in [-0.39, 0.29) is 39.5 Å². The third kappa shape index (κ3) is 2.60. The van der Waals surface area contributed by atoms with Crippen molar-refractivity contribution in [2.24, 2.45) is 0 Å². The lowest BCUT2D eigenvalue weighted by atomic mass is 9.80. The van der Waals surface area contributed by atoms with Crippen molar-refractivity contribution in [3.05, 3.63) is 70.3 Å². The number of phenolic OH excluding ortho intramolecular Hbond substituents is 1. The molecule has 0 fully saturated rings. The molecular formula is C23H18O6. The van der Waals surface area contributed by atoms with Crippen LogP contribution in [0.25, 0.3) is 10.8 Å². The zero-order valence-corrected chi connectivity index (χ0v) is 16.1. The molecule has 4 rings (SSSR count). The molecule has 0 heterocycles. The zero-order chi connectivity index (χ0) is 20.9. The van der Waals surface area contributed by atoms with E-state index in [0.717, 1.165) is 0 Å². The summed E-state index contributed by atoms with van der Waals surface area (Å²) in [5.41, 5.74) is 1.17. The molecule has 0 bridgehead atoms. The number of aromatic hydroxyl groups is 1. The van der Waals surface area contributed by atoms with Gasteiger partial charge in [-0.2, -0.15) is 0 Å². The third-order valence-electron chi connectivity index (χ3n) is 5.39. The van der Waals surface area contributed by atoms with Crippen LogP contribution in [0.1, 0.15) is 50.2 Å². The molecule has 0 aliphatic heterocycles. The Morgan fingerprint density at radius 2 is 1.55 bits per heavy atom. The Labute approximate surface area is 166 Å². The standard InChI is InChI=1S/C23H18O6/c1-11(23(27)29-3)12-8-9-15-16(10-12)17-18(21(26)22(15)28-2)20(25)14-7-5-4-6-13(14)19(17)24/h4-11,26H,1-3H3. The topological polar surface area (TPSA) is 89.9 Å². The monoisotopic (exact) mass is 390 g/mol. The second-order valence-corrected chi connectivity index (χ2v) is 6.89. The van der Waals surface area contributed by atoms with Gasteiger partial charge in [-0.25, -0.2) is 0 Å². The van der Waals surface area contributed by atoms with Crippen molar-refractivity contribution < 1.29 is 29.0 Å². The number of hydrogen-bond donors (Lipinski definition) is 1. The third-order valence-corrected chi connectivity index (χ3v) is 5.39. The Balaban J connectivity index is 2.09. The number of hydrogen-bond acceptors (Lipinski definition) is 6. The van der Waals surface area contributed by atoms with E-state index in [2.05, 4.69) is 0 Å². The van der Waals surface area contributed by atoms with E-state index in [1.165, 1.54) is 14.2 Å². The lowest BCUT2D eigenvalue weighted by Gasteiger charge is -2.23. The van der Waals surface area contributed by atoms with Crippen LogP contribution in [-0.2, 0) is 9.53 Å². The van der Waals surface area contributed by atoms with Gasteiger partial charge in [-0.1, -0.05) is 36.4 Å². The predicted octanol–water partition coefficient (Wildman–Crippen LogP) is 3.61. The molecule has 6 nitrogen and oxygen atoms in total. The van der Waals surface area contributed by atoms with Crippen LogP contribution in [0.4, 0.5) is 0 Å². The van der Waals surface area contributed by atoms with Crippen molar-refractivity contribution in [3.8, 4) is 11.5 Å². The number of benzene rings is 3. The normalized spacial score (nSPS) is 13.6. The highest BCUT2D eigenvalue weighted by atomic mass is 16.5. The molecule has 29 heavy (non-hydrogen) atoms. The van der Waals surface area contributed by atoms with E-state index in [1.807, 2.05) is 0 Å². The number of methoxy groups -OCH3 is 2. The molecule has 1 aliphatic carbocycles. The van der Waals surface area contributed by atoms with Crippen molar-refractivity contribution >= 4 is 28.3 Å². The molecule has 1 aliphatic rings. The molecular weight excluding hydrogens is 372 g/mol. The molecule has 0 aromatic heterocycles. The summed E-state index contributed by atoms with van der Waals surface area (Å²) < 4.78 is 10.2. The highest BCUT2D eigenvalue weighted by molar-refractivity contribution is 6.33. The maximum absolute atomic E-state index is 13.3. The molecule has 0 radical (unpaired) electrons. The molecule has 6 heteroatoms. The average molecular weight is 390 g/mol.